The number of fused-ring (bicyclic) bond motifs is 3. The number of aromatic carboxylic acids is 1. The summed E-state index contributed by atoms with van der Waals surface area (Å²) in [6, 6.07) is 8.26. The van der Waals surface area contributed by atoms with Crippen LogP contribution in [0.15, 0.2) is 41.3 Å². The second-order valence-electron chi connectivity index (χ2n) is 6.96. The number of halogens is 1. The number of hydrogen-bond acceptors (Lipinski definition) is 7. The van der Waals surface area contributed by atoms with Crippen LogP contribution in [-0.2, 0) is 4.74 Å². The molecule has 0 bridgehead atoms. The molecule has 0 spiro atoms. The number of nitrogens with zero attached hydrogens (tertiary/aromatic N) is 1. The third-order valence-corrected chi connectivity index (χ3v) is 6.19. The van der Waals surface area contributed by atoms with Crippen molar-refractivity contribution < 1.29 is 28.8 Å². The topological polar surface area (TPSA) is 96.2 Å². The molecule has 4 rings (SSSR count). The number of rotatable bonds is 8. The molecule has 0 saturated heterocycles. The lowest BCUT2D eigenvalue weighted by Crippen LogP contribution is -2.27. The highest BCUT2D eigenvalue weighted by molar-refractivity contribution is 7.16. The van der Waals surface area contributed by atoms with Crippen molar-refractivity contribution in [3.8, 4) is 28.5 Å². The molecular weight excluding hydrogens is 458 g/mol. The fourth-order valence-electron chi connectivity index (χ4n) is 3.45. The van der Waals surface area contributed by atoms with E-state index in [-0.39, 0.29) is 5.56 Å². The van der Waals surface area contributed by atoms with Gasteiger partial charge in [0.25, 0.3) is 0 Å². The van der Waals surface area contributed by atoms with Crippen LogP contribution in [0.5, 0.6) is 17.2 Å². The molecule has 8 nitrogen and oxygen atoms in total. The molecule has 2 aromatic heterocycles. The van der Waals surface area contributed by atoms with E-state index in [0.717, 1.165) is 4.88 Å². The molecule has 1 atom stereocenters. The molecule has 1 aliphatic heterocycles. The van der Waals surface area contributed by atoms with Crippen molar-refractivity contribution in [1.29, 1.82) is 0 Å². The Kier molecular flexibility index (Phi) is 6.40. The number of ether oxygens (including phenoxy) is 4. The number of pyridine rings is 1. The van der Waals surface area contributed by atoms with Gasteiger partial charge in [-0.15, -0.1) is 11.3 Å². The molecule has 10 heteroatoms. The summed E-state index contributed by atoms with van der Waals surface area (Å²) in [7, 11) is 3.14. The first kappa shape index (κ1) is 22.2. The number of benzene rings is 1. The first-order valence-electron chi connectivity index (χ1n) is 9.68. The van der Waals surface area contributed by atoms with Gasteiger partial charge in [0.05, 0.1) is 28.6 Å². The number of hydrogen-bond donors (Lipinski definition) is 1. The molecule has 0 fully saturated rings. The second-order valence-corrected chi connectivity index (χ2v) is 8.70. The minimum atomic E-state index is -1.31. The lowest BCUT2D eigenvalue weighted by Gasteiger charge is -2.31. The van der Waals surface area contributed by atoms with Crippen molar-refractivity contribution >= 4 is 28.9 Å². The molecule has 1 aliphatic rings. The molecule has 0 aliphatic carbocycles. The minimum absolute atomic E-state index is 0.349. The van der Waals surface area contributed by atoms with Crippen molar-refractivity contribution in [2.75, 3.05) is 27.4 Å². The van der Waals surface area contributed by atoms with Gasteiger partial charge in [-0.05, 0) is 18.2 Å². The molecule has 0 saturated carbocycles. The summed E-state index contributed by atoms with van der Waals surface area (Å²) in [4.78, 5) is 24.8. The number of methoxy groups -OCH3 is 2. The van der Waals surface area contributed by atoms with E-state index in [1.165, 1.54) is 30.7 Å². The van der Waals surface area contributed by atoms with Crippen LogP contribution >= 0.6 is 22.9 Å². The summed E-state index contributed by atoms with van der Waals surface area (Å²) in [5.74, 6) is 0.118. The van der Waals surface area contributed by atoms with Gasteiger partial charge in [-0.2, -0.15) is 0 Å². The van der Waals surface area contributed by atoms with Crippen LogP contribution in [0.2, 0.25) is 4.34 Å². The quantitative estimate of drug-likeness (QED) is 0.483. The lowest BCUT2D eigenvalue weighted by atomic mass is 10.0. The van der Waals surface area contributed by atoms with Gasteiger partial charge in [0.1, 0.15) is 11.3 Å². The molecule has 0 radical (unpaired) electrons. The zero-order valence-corrected chi connectivity index (χ0v) is 18.9. The molecule has 1 aromatic carbocycles. The highest BCUT2D eigenvalue weighted by atomic mass is 35.5. The highest BCUT2D eigenvalue weighted by Crippen LogP contribution is 2.46. The van der Waals surface area contributed by atoms with Gasteiger partial charge in [0.2, 0.25) is 6.23 Å². The van der Waals surface area contributed by atoms with E-state index in [1.54, 1.807) is 35.9 Å². The fourth-order valence-corrected chi connectivity index (χ4v) is 4.54. The van der Waals surface area contributed by atoms with Gasteiger partial charge in [-0.1, -0.05) is 11.6 Å². The number of thiophene rings is 1. The van der Waals surface area contributed by atoms with E-state index < -0.39 is 17.6 Å². The molecule has 3 heterocycles. The maximum absolute atomic E-state index is 12.5. The average molecular weight is 478 g/mol. The van der Waals surface area contributed by atoms with E-state index in [0.29, 0.717) is 52.5 Å². The van der Waals surface area contributed by atoms with E-state index in [2.05, 4.69) is 0 Å². The Hall–Kier alpha value is -3.01. The fraction of sp³-hybridized carbons (Fsp3) is 0.273. The Morgan fingerprint density at radius 2 is 2.03 bits per heavy atom. The minimum Gasteiger partial charge on any atom is -0.493 e. The van der Waals surface area contributed by atoms with Crippen LogP contribution in [0.1, 0.15) is 27.9 Å². The van der Waals surface area contributed by atoms with Crippen molar-refractivity contribution in [1.82, 2.24) is 4.57 Å². The van der Waals surface area contributed by atoms with Crippen LogP contribution in [-0.4, -0.2) is 43.1 Å². The Balaban J connectivity index is 1.85. The number of aromatic nitrogens is 1. The van der Waals surface area contributed by atoms with Gasteiger partial charge < -0.3 is 28.6 Å². The summed E-state index contributed by atoms with van der Waals surface area (Å²) in [5.41, 5.74) is 0.135. The van der Waals surface area contributed by atoms with Crippen LogP contribution < -0.4 is 19.6 Å². The van der Waals surface area contributed by atoms with Crippen molar-refractivity contribution in [2.24, 2.45) is 0 Å². The monoisotopic (exact) mass is 477 g/mol. The van der Waals surface area contributed by atoms with Gasteiger partial charge in [-0.3, -0.25) is 4.79 Å². The molecular formula is C22H20ClNO7S. The molecule has 3 aromatic rings. The summed E-state index contributed by atoms with van der Waals surface area (Å²) in [5, 5.41) is 9.44. The maximum atomic E-state index is 12.5. The summed E-state index contributed by atoms with van der Waals surface area (Å²) < 4.78 is 24.8. The Bertz CT molecular complexity index is 1220. The van der Waals surface area contributed by atoms with Crippen LogP contribution in [0.3, 0.4) is 0 Å². The first-order chi connectivity index (χ1) is 15.4. The maximum Gasteiger partial charge on any atom is 0.341 e. The molecule has 1 unspecified atom stereocenters. The van der Waals surface area contributed by atoms with Crippen LogP contribution in [0, 0.1) is 0 Å². The van der Waals surface area contributed by atoms with E-state index >= 15 is 0 Å². The van der Waals surface area contributed by atoms with Crippen molar-refractivity contribution in [3.63, 3.8) is 0 Å². The second kappa shape index (κ2) is 9.23. The smallest absolute Gasteiger partial charge is 0.341 e. The number of carboxylic acids is 1. The van der Waals surface area contributed by atoms with Gasteiger partial charge >= 0.3 is 5.97 Å². The predicted octanol–water partition coefficient (Wildman–Crippen LogP) is 4.29. The average Bonchev–Trinajstić information content (AvgIpc) is 3.21. The SMILES string of the molecule is COCCCOc1cc2c(cc1OC)-c1cc(=O)c(C(=O)O)cn1C(c1ccc(Cl)s1)O2. The van der Waals surface area contributed by atoms with Gasteiger partial charge in [-0.25, -0.2) is 4.79 Å². The molecule has 0 amide bonds. The third kappa shape index (κ3) is 4.19. The summed E-state index contributed by atoms with van der Waals surface area (Å²) in [6.45, 7) is 0.984. The Morgan fingerprint density at radius 3 is 2.69 bits per heavy atom. The molecule has 32 heavy (non-hydrogen) atoms. The van der Waals surface area contributed by atoms with E-state index in [1.807, 2.05) is 0 Å². The normalized spacial score (nSPS) is 14.3. The molecule has 1 N–H and O–H groups in total. The standard InChI is InChI=1S/C22H20ClNO7S/c1-28-6-3-7-30-18-10-16-12(8-17(18)29-2)14-9-15(25)13(22(26)27)11-24(14)21(31-16)19-4-5-20(23)32-19/h4-5,8-11,21H,3,6-7H2,1-2H3,(H,26,27). The third-order valence-electron chi connectivity index (χ3n) is 4.93. The molecule has 168 valence electrons. The van der Waals surface area contributed by atoms with Crippen molar-refractivity contribution in [3.05, 3.63) is 61.5 Å². The van der Waals surface area contributed by atoms with E-state index in [4.69, 9.17) is 30.5 Å². The summed E-state index contributed by atoms with van der Waals surface area (Å²) >= 11 is 7.43. The van der Waals surface area contributed by atoms with Crippen molar-refractivity contribution in [2.45, 2.75) is 12.6 Å². The number of carboxylic acid groups (broad SMARTS) is 1. The summed E-state index contributed by atoms with van der Waals surface area (Å²) in [6.07, 6.45) is 1.29. The van der Waals surface area contributed by atoms with Crippen LogP contribution in [0.25, 0.3) is 11.3 Å². The zero-order chi connectivity index (χ0) is 22.8. The Morgan fingerprint density at radius 1 is 1.22 bits per heavy atom. The van der Waals surface area contributed by atoms with Crippen LogP contribution in [0.4, 0.5) is 0 Å². The Labute approximate surface area is 192 Å². The predicted molar refractivity (Wildman–Crippen MR) is 120 cm³/mol. The zero-order valence-electron chi connectivity index (χ0n) is 17.3. The lowest BCUT2D eigenvalue weighted by molar-refractivity contribution is 0.0693. The first-order valence-corrected chi connectivity index (χ1v) is 10.9. The van der Waals surface area contributed by atoms with Gasteiger partial charge in [0.15, 0.2) is 16.9 Å². The largest absolute Gasteiger partial charge is 0.493 e. The van der Waals surface area contributed by atoms with E-state index in [9.17, 15) is 14.7 Å². The van der Waals surface area contributed by atoms with Gasteiger partial charge in [0, 0.05) is 44.0 Å². The highest BCUT2D eigenvalue weighted by Gasteiger charge is 2.30. The number of carbonyl (C=O) groups is 1.